The summed E-state index contributed by atoms with van der Waals surface area (Å²) in [6.45, 7) is 1.91. The molecule has 0 aliphatic heterocycles. The minimum absolute atomic E-state index is 0.160. The van der Waals surface area contributed by atoms with Gasteiger partial charge >= 0.3 is 0 Å². The summed E-state index contributed by atoms with van der Waals surface area (Å²) in [5.74, 6) is 1.54. The van der Waals surface area contributed by atoms with E-state index < -0.39 is 0 Å². The predicted molar refractivity (Wildman–Crippen MR) is 79.7 cm³/mol. The van der Waals surface area contributed by atoms with Gasteiger partial charge in [0.1, 0.15) is 11.5 Å². The fourth-order valence-electron chi connectivity index (χ4n) is 2.26. The van der Waals surface area contributed by atoms with Crippen molar-refractivity contribution in [2.24, 2.45) is 5.73 Å². The Morgan fingerprint density at radius 2 is 1.80 bits per heavy atom. The summed E-state index contributed by atoms with van der Waals surface area (Å²) in [4.78, 5) is 0. The first-order valence-electron chi connectivity index (χ1n) is 6.68. The van der Waals surface area contributed by atoms with Gasteiger partial charge in [-0.1, -0.05) is 30.3 Å². The fourth-order valence-corrected chi connectivity index (χ4v) is 2.26. The van der Waals surface area contributed by atoms with E-state index in [0.29, 0.717) is 0 Å². The van der Waals surface area contributed by atoms with Gasteiger partial charge in [-0.15, -0.1) is 0 Å². The van der Waals surface area contributed by atoms with Gasteiger partial charge in [0.05, 0.1) is 6.26 Å². The standard InChI is InChI=1S/C17H17NO2/c1-12(18)17(16-7-4-10-19-16)20-15-9-8-13-5-2-3-6-14(13)11-15/h2-12,17H,18H2,1H3. The zero-order valence-corrected chi connectivity index (χ0v) is 11.3. The van der Waals surface area contributed by atoms with Gasteiger partial charge in [-0.2, -0.15) is 0 Å². The fraction of sp³-hybridized carbons (Fsp3) is 0.176. The zero-order chi connectivity index (χ0) is 13.9. The molecule has 1 heterocycles. The Kier molecular flexibility index (Phi) is 3.44. The summed E-state index contributed by atoms with van der Waals surface area (Å²) in [6.07, 6.45) is 1.35. The molecule has 1 aromatic heterocycles. The molecule has 0 aliphatic rings. The second kappa shape index (κ2) is 5.39. The zero-order valence-electron chi connectivity index (χ0n) is 11.3. The second-order valence-corrected chi connectivity index (χ2v) is 4.92. The highest BCUT2D eigenvalue weighted by atomic mass is 16.5. The summed E-state index contributed by atoms with van der Waals surface area (Å²) in [6, 6.07) is 17.8. The molecule has 3 nitrogen and oxygen atoms in total. The Morgan fingerprint density at radius 3 is 2.50 bits per heavy atom. The van der Waals surface area contributed by atoms with E-state index in [0.717, 1.165) is 16.9 Å². The molecule has 3 aromatic rings. The van der Waals surface area contributed by atoms with Gasteiger partial charge in [-0.25, -0.2) is 0 Å². The Balaban J connectivity index is 1.90. The van der Waals surface area contributed by atoms with Crippen molar-refractivity contribution in [1.82, 2.24) is 0 Å². The maximum absolute atomic E-state index is 6.01. The van der Waals surface area contributed by atoms with Gasteiger partial charge in [0.2, 0.25) is 0 Å². The van der Waals surface area contributed by atoms with Gasteiger partial charge < -0.3 is 14.9 Å². The van der Waals surface area contributed by atoms with Crippen molar-refractivity contribution in [2.75, 3.05) is 0 Å². The summed E-state index contributed by atoms with van der Waals surface area (Å²) in [5, 5.41) is 2.34. The van der Waals surface area contributed by atoms with Gasteiger partial charge in [-0.3, -0.25) is 0 Å². The van der Waals surface area contributed by atoms with Crippen LogP contribution in [0.3, 0.4) is 0 Å². The van der Waals surface area contributed by atoms with Crippen LogP contribution in [0.1, 0.15) is 18.8 Å². The van der Waals surface area contributed by atoms with E-state index >= 15 is 0 Å². The third-order valence-corrected chi connectivity index (χ3v) is 3.29. The Labute approximate surface area is 118 Å². The van der Waals surface area contributed by atoms with Gasteiger partial charge in [0, 0.05) is 6.04 Å². The van der Waals surface area contributed by atoms with Crippen LogP contribution in [-0.2, 0) is 0 Å². The Hall–Kier alpha value is -2.26. The molecule has 3 rings (SSSR count). The molecule has 2 N–H and O–H groups in total. The maximum Gasteiger partial charge on any atom is 0.171 e. The topological polar surface area (TPSA) is 48.4 Å². The molecule has 0 fully saturated rings. The summed E-state index contributed by atoms with van der Waals surface area (Å²) in [5.41, 5.74) is 6.00. The molecule has 0 saturated heterocycles. The molecule has 0 radical (unpaired) electrons. The van der Waals surface area contributed by atoms with Crippen molar-refractivity contribution in [1.29, 1.82) is 0 Å². The van der Waals surface area contributed by atoms with Crippen molar-refractivity contribution in [2.45, 2.75) is 19.1 Å². The molecule has 2 unspecified atom stereocenters. The lowest BCUT2D eigenvalue weighted by Crippen LogP contribution is -2.28. The van der Waals surface area contributed by atoms with Gasteiger partial charge in [0.15, 0.2) is 6.10 Å². The lowest BCUT2D eigenvalue weighted by molar-refractivity contribution is 0.153. The van der Waals surface area contributed by atoms with Crippen LogP contribution in [-0.4, -0.2) is 6.04 Å². The van der Waals surface area contributed by atoms with Crippen LogP contribution in [0, 0.1) is 0 Å². The third-order valence-electron chi connectivity index (χ3n) is 3.29. The van der Waals surface area contributed by atoms with E-state index in [1.807, 2.05) is 49.4 Å². The molecular formula is C17H17NO2. The second-order valence-electron chi connectivity index (χ2n) is 4.92. The van der Waals surface area contributed by atoms with Crippen molar-refractivity contribution in [3.05, 3.63) is 66.6 Å². The number of hydrogen-bond donors (Lipinski definition) is 1. The average Bonchev–Trinajstić information content (AvgIpc) is 2.98. The molecule has 2 atom stereocenters. The number of hydrogen-bond acceptors (Lipinski definition) is 3. The Bertz CT molecular complexity index is 689. The number of rotatable bonds is 4. The van der Waals surface area contributed by atoms with Crippen molar-refractivity contribution >= 4 is 10.8 Å². The van der Waals surface area contributed by atoms with E-state index in [1.54, 1.807) is 6.26 Å². The number of nitrogens with two attached hydrogens (primary N) is 1. The van der Waals surface area contributed by atoms with Crippen molar-refractivity contribution < 1.29 is 9.15 Å². The van der Waals surface area contributed by atoms with Gasteiger partial charge in [0.25, 0.3) is 0 Å². The van der Waals surface area contributed by atoms with Crippen molar-refractivity contribution in [3.63, 3.8) is 0 Å². The first-order chi connectivity index (χ1) is 9.74. The van der Waals surface area contributed by atoms with E-state index in [-0.39, 0.29) is 12.1 Å². The van der Waals surface area contributed by atoms with E-state index in [9.17, 15) is 0 Å². The molecule has 2 aromatic carbocycles. The number of ether oxygens (including phenoxy) is 1. The normalized spacial score (nSPS) is 14.1. The summed E-state index contributed by atoms with van der Waals surface area (Å²) in [7, 11) is 0. The lowest BCUT2D eigenvalue weighted by atomic mass is 10.1. The number of benzene rings is 2. The first kappa shape index (κ1) is 12.8. The van der Waals surface area contributed by atoms with Gasteiger partial charge in [-0.05, 0) is 42.0 Å². The molecular weight excluding hydrogens is 250 g/mol. The minimum Gasteiger partial charge on any atom is -0.481 e. The van der Waals surface area contributed by atoms with Crippen LogP contribution in [0.15, 0.2) is 65.3 Å². The average molecular weight is 267 g/mol. The highest BCUT2D eigenvalue weighted by Crippen LogP contribution is 2.27. The summed E-state index contributed by atoms with van der Waals surface area (Å²) < 4.78 is 11.4. The molecule has 0 saturated carbocycles. The first-order valence-corrected chi connectivity index (χ1v) is 6.68. The highest BCUT2D eigenvalue weighted by Gasteiger charge is 2.21. The van der Waals surface area contributed by atoms with E-state index in [2.05, 4.69) is 12.1 Å². The molecule has 0 amide bonds. The van der Waals surface area contributed by atoms with Crippen LogP contribution < -0.4 is 10.5 Å². The summed E-state index contributed by atoms with van der Waals surface area (Å²) >= 11 is 0. The third kappa shape index (κ3) is 2.53. The van der Waals surface area contributed by atoms with Crippen LogP contribution in [0.2, 0.25) is 0 Å². The molecule has 0 aliphatic carbocycles. The SMILES string of the molecule is CC(N)C(Oc1ccc2ccccc2c1)c1ccco1. The smallest absolute Gasteiger partial charge is 0.171 e. The quantitative estimate of drug-likeness (QED) is 0.780. The minimum atomic E-state index is -0.286. The Morgan fingerprint density at radius 1 is 1.00 bits per heavy atom. The van der Waals surface area contributed by atoms with Crippen LogP contribution in [0.25, 0.3) is 10.8 Å². The highest BCUT2D eigenvalue weighted by molar-refractivity contribution is 5.83. The molecule has 102 valence electrons. The van der Waals surface area contributed by atoms with Crippen LogP contribution in [0.4, 0.5) is 0 Å². The number of fused-ring (bicyclic) bond motifs is 1. The molecule has 0 spiro atoms. The van der Waals surface area contributed by atoms with Crippen LogP contribution in [0.5, 0.6) is 5.75 Å². The molecule has 20 heavy (non-hydrogen) atoms. The molecule has 3 heteroatoms. The largest absolute Gasteiger partial charge is 0.481 e. The lowest BCUT2D eigenvalue weighted by Gasteiger charge is -2.20. The van der Waals surface area contributed by atoms with E-state index in [1.165, 1.54) is 5.39 Å². The van der Waals surface area contributed by atoms with E-state index in [4.69, 9.17) is 14.9 Å². The monoisotopic (exact) mass is 267 g/mol. The molecule has 0 bridgehead atoms. The maximum atomic E-state index is 6.01. The van der Waals surface area contributed by atoms with Crippen molar-refractivity contribution in [3.8, 4) is 5.75 Å². The van der Waals surface area contributed by atoms with Crippen LogP contribution >= 0.6 is 0 Å². The number of furan rings is 1. The predicted octanol–water partition coefficient (Wildman–Crippen LogP) is 3.90.